The minimum absolute atomic E-state index is 0.228. The molecule has 0 fully saturated rings. The van der Waals surface area contributed by atoms with Crippen molar-refractivity contribution in [1.82, 2.24) is 5.32 Å². The molecule has 0 aliphatic carbocycles. The average molecular weight is 181 g/mol. The van der Waals surface area contributed by atoms with Crippen molar-refractivity contribution < 1.29 is 10.2 Å². The number of phenolic OH excluding ortho intramolecular Hbond substituents is 2. The second-order valence-corrected chi connectivity index (χ2v) is 3.05. The van der Waals surface area contributed by atoms with Gasteiger partial charge in [0.1, 0.15) is 11.5 Å². The van der Waals surface area contributed by atoms with Gasteiger partial charge in [0.2, 0.25) is 0 Å². The lowest BCUT2D eigenvalue weighted by Gasteiger charge is -2.07. The molecule has 0 spiro atoms. The molecule has 1 rings (SSSR count). The Balaban J connectivity index is 2.88. The minimum atomic E-state index is 0.228. The van der Waals surface area contributed by atoms with Crippen LogP contribution in [0.25, 0.3) is 0 Å². The van der Waals surface area contributed by atoms with Crippen molar-refractivity contribution in [2.45, 2.75) is 20.4 Å². The van der Waals surface area contributed by atoms with E-state index in [1.54, 1.807) is 19.1 Å². The number of benzene rings is 1. The van der Waals surface area contributed by atoms with Crippen LogP contribution in [0.5, 0.6) is 11.5 Å². The van der Waals surface area contributed by atoms with E-state index in [0.717, 1.165) is 12.1 Å². The smallest absolute Gasteiger partial charge is 0.120 e. The number of aromatic hydroxyl groups is 2. The first kappa shape index (κ1) is 9.86. The number of aryl methyl sites for hydroxylation is 1. The van der Waals surface area contributed by atoms with Gasteiger partial charge in [-0.1, -0.05) is 6.92 Å². The van der Waals surface area contributed by atoms with E-state index in [4.69, 9.17) is 0 Å². The van der Waals surface area contributed by atoms with Gasteiger partial charge in [-0.3, -0.25) is 0 Å². The van der Waals surface area contributed by atoms with Crippen LogP contribution >= 0.6 is 0 Å². The monoisotopic (exact) mass is 181 g/mol. The molecule has 3 nitrogen and oxygen atoms in total. The lowest BCUT2D eigenvalue weighted by Crippen LogP contribution is -2.11. The molecule has 13 heavy (non-hydrogen) atoms. The molecule has 72 valence electrons. The highest BCUT2D eigenvalue weighted by molar-refractivity contribution is 5.44. The van der Waals surface area contributed by atoms with E-state index in [1.165, 1.54) is 0 Å². The molecule has 0 saturated heterocycles. The van der Waals surface area contributed by atoms with Crippen LogP contribution in [0.1, 0.15) is 18.1 Å². The van der Waals surface area contributed by atoms with Crippen LogP contribution < -0.4 is 5.32 Å². The van der Waals surface area contributed by atoms with Crippen molar-refractivity contribution in [3.05, 3.63) is 23.3 Å². The summed E-state index contributed by atoms with van der Waals surface area (Å²) in [6.07, 6.45) is 0. The van der Waals surface area contributed by atoms with Crippen LogP contribution in [0.3, 0.4) is 0 Å². The minimum Gasteiger partial charge on any atom is -0.508 e. The van der Waals surface area contributed by atoms with Crippen molar-refractivity contribution in [3.63, 3.8) is 0 Å². The standard InChI is InChI=1S/C10H15NO2/c1-3-11-6-8-5-9(12)7(2)4-10(8)13/h4-5,11-13H,3,6H2,1-2H3. The van der Waals surface area contributed by atoms with Crippen LogP contribution in [-0.2, 0) is 6.54 Å². The highest BCUT2D eigenvalue weighted by atomic mass is 16.3. The molecule has 0 bridgehead atoms. The summed E-state index contributed by atoms with van der Waals surface area (Å²) in [6, 6.07) is 3.16. The normalized spacial score (nSPS) is 10.3. The molecule has 0 radical (unpaired) electrons. The lowest BCUT2D eigenvalue weighted by atomic mass is 10.1. The molecule has 3 heteroatoms. The van der Waals surface area contributed by atoms with Crippen molar-refractivity contribution in [2.24, 2.45) is 0 Å². The number of phenols is 2. The largest absolute Gasteiger partial charge is 0.508 e. The van der Waals surface area contributed by atoms with Gasteiger partial charge in [-0.05, 0) is 31.2 Å². The zero-order valence-electron chi connectivity index (χ0n) is 7.96. The maximum Gasteiger partial charge on any atom is 0.120 e. The predicted octanol–water partition coefficient (Wildman–Crippen LogP) is 1.52. The Kier molecular flexibility index (Phi) is 3.14. The van der Waals surface area contributed by atoms with E-state index >= 15 is 0 Å². The summed E-state index contributed by atoms with van der Waals surface area (Å²) in [5.74, 6) is 0.460. The van der Waals surface area contributed by atoms with Crippen molar-refractivity contribution in [2.75, 3.05) is 6.54 Å². The van der Waals surface area contributed by atoms with Gasteiger partial charge in [0.15, 0.2) is 0 Å². The Labute approximate surface area is 78.0 Å². The fourth-order valence-corrected chi connectivity index (χ4v) is 1.13. The maximum absolute atomic E-state index is 9.49. The molecule has 0 heterocycles. The topological polar surface area (TPSA) is 52.5 Å². The third-order valence-corrected chi connectivity index (χ3v) is 1.96. The van der Waals surface area contributed by atoms with Gasteiger partial charge in [-0.15, -0.1) is 0 Å². The van der Waals surface area contributed by atoms with Crippen LogP contribution in [0.15, 0.2) is 12.1 Å². The van der Waals surface area contributed by atoms with Gasteiger partial charge in [0.25, 0.3) is 0 Å². The van der Waals surface area contributed by atoms with Gasteiger partial charge >= 0.3 is 0 Å². The molecule has 0 saturated carbocycles. The first-order valence-corrected chi connectivity index (χ1v) is 4.37. The van der Waals surface area contributed by atoms with Gasteiger partial charge < -0.3 is 15.5 Å². The molecule has 1 aromatic carbocycles. The fraction of sp³-hybridized carbons (Fsp3) is 0.400. The molecule has 0 aromatic heterocycles. The van der Waals surface area contributed by atoms with Crippen LogP contribution in [-0.4, -0.2) is 16.8 Å². The Morgan fingerprint density at radius 3 is 2.54 bits per heavy atom. The van der Waals surface area contributed by atoms with E-state index in [-0.39, 0.29) is 11.5 Å². The highest BCUT2D eigenvalue weighted by Gasteiger charge is 2.04. The molecule has 0 amide bonds. The zero-order valence-corrected chi connectivity index (χ0v) is 7.96. The Bertz CT molecular complexity index is 297. The molecule has 0 aliphatic rings. The van der Waals surface area contributed by atoms with E-state index < -0.39 is 0 Å². The summed E-state index contributed by atoms with van der Waals surface area (Å²) in [6.45, 7) is 5.17. The van der Waals surface area contributed by atoms with Gasteiger partial charge in [0.05, 0.1) is 0 Å². The molecular weight excluding hydrogens is 166 g/mol. The molecular formula is C10H15NO2. The van der Waals surface area contributed by atoms with Gasteiger partial charge in [-0.2, -0.15) is 0 Å². The highest BCUT2D eigenvalue weighted by Crippen LogP contribution is 2.26. The number of hydrogen-bond donors (Lipinski definition) is 3. The van der Waals surface area contributed by atoms with Crippen LogP contribution in [0.2, 0.25) is 0 Å². The third kappa shape index (κ3) is 2.36. The van der Waals surface area contributed by atoms with E-state index in [1.807, 2.05) is 6.92 Å². The predicted molar refractivity (Wildman–Crippen MR) is 51.9 cm³/mol. The number of hydrogen-bond acceptors (Lipinski definition) is 3. The van der Waals surface area contributed by atoms with E-state index in [2.05, 4.69) is 5.32 Å². The van der Waals surface area contributed by atoms with Crippen molar-refractivity contribution in [3.8, 4) is 11.5 Å². The van der Waals surface area contributed by atoms with E-state index in [9.17, 15) is 10.2 Å². The van der Waals surface area contributed by atoms with Crippen molar-refractivity contribution in [1.29, 1.82) is 0 Å². The maximum atomic E-state index is 9.49. The number of nitrogens with one attached hydrogen (secondary N) is 1. The summed E-state index contributed by atoms with van der Waals surface area (Å²) in [4.78, 5) is 0. The molecule has 0 aliphatic heterocycles. The molecule has 0 unspecified atom stereocenters. The van der Waals surface area contributed by atoms with E-state index in [0.29, 0.717) is 12.1 Å². The fourth-order valence-electron chi connectivity index (χ4n) is 1.13. The first-order valence-electron chi connectivity index (χ1n) is 4.37. The molecule has 3 N–H and O–H groups in total. The van der Waals surface area contributed by atoms with Gasteiger partial charge in [0, 0.05) is 12.1 Å². The number of rotatable bonds is 3. The molecule has 0 atom stereocenters. The van der Waals surface area contributed by atoms with Crippen LogP contribution in [0, 0.1) is 6.92 Å². The summed E-state index contributed by atoms with van der Waals surface area (Å²) in [5, 5.41) is 22.0. The Morgan fingerprint density at radius 2 is 1.92 bits per heavy atom. The summed E-state index contributed by atoms with van der Waals surface area (Å²) in [5.41, 5.74) is 1.42. The third-order valence-electron chi connectivity index (χ3n) is 1.96. The first-order chi connectivity index (χ1) is 6.15. The zero-order chi connectivity index (χ0) is 9.84. The molecule has 1 aromatic rings. The average Bonchev–Trinajstić information content (AvgIpc) is 2.09. The van der Waals surface area contributed by atoms with Crippen molar-refractivity contribution >= 4 is 0 Å². The second kappa shape index (κ2) is 4.14. The SMILES string of the molecule is CCNCc1cc(O)c(C)cc1O. The Morgan fingerprint density at radius 1 is 1.23 bits per heavy atom. The summed E-state index contributed by atoms with van der Waals surface area (Å²) >= 11 is 0. The summed E-state index contributed by atoms with van der Waals surface area (Å²) < 4.78 is 0. The summed E-state index contributed by atoms with van der Waals surface area (Å²) in [7, 11) is 0. The lowest BCUT2D eigenvalue weighted by molar-refractivity contribution is 0.448. The second-order valence-electron chi connectivity index (χ2n) is 3.05. The Hall–Kier alpha value is -1.22. The van der Waals surface area contributed by atoms with Crippen LogP contribution in [0.4, 0.5) is 0 Å². The van der Waals surface area contributed by atoms with Gasteiger partial charge in [-0.25, -0.2) is 0 Å². The quantitative estimate of drug-likeness (QED) is 0.620.